The lowest BCUT2D eigenvalue weighted by Crippen LogP contribution is -1.95. The Balaban J connectivity index is 2.55. The van der Waals surface area contributed by atoms with E-state index in [9.17, 15) is 0 Å². The van der Waals surface area contributed by atoms with E-state index in [1.54, 1.807) is 18.3 Å². The molecule has 0 fully saturated rings. The Labute approximate surface area is 83.2 Å². The smallest absolute Gasteiger partial charge is 0.171 e. The minimum atomic E-state index is 0.407. The Kier molecular flexibility index (Phi) is 3.77. The molecule has 0 unspecified atom stereocenters. The molecule has 0 saturated carbocycles. The third-order valence-electron chi connectivity index (χ3n) is 1.46. The van der Waals surface area contributed by atoms with Gasteiger partial charge in [-0.25, -0.2) is 4.98 Å². The number of hydrogen-bond donors (Lipinski definition) is 0. The predicted molar refractivity (Wildman–Crippen MR) is 54.2 cm³/mol. The molecule has 3 heteroatoms. The lowest BCUT2D eigenvalue weighted by atomic mass is 10.3. The van der Waals surface area contributed by atoms with E-state index in [1.165, 1.54) is 5.57 Å². The number of ether oxygens (including phenoxy) is 1. The molecule has 0 aliphatic rings. The summed E-state index contributed by atoms with van der Waals surface area (Å²) in [5, 5.41) is 0.407. The van der Waals surface area contributed by atoms with Crippen LogP contribution in [0.3, 0.4) is 0 Å². The van der Waals surface area contributed by atoms with Crippen molar-refractivity contribution in [2.24, 2.45) is 0 Å². The Hall–Kier alpha value is -1.02. The van der Waals surface area contributed by atoms with E-state index in [2.05, 4.69) is 4.98 Å². The van der Waals surface area contributed by atoms with Crippen LogP contribution >= 0.6 is 11.6 Å². The van der Waals surface area contributed by atoms with Gasteiger partial charge in [0.2, 0.25) is 0 Å². The van der Waals surface area contributed by atoms with Gasteiger partial charge in [0.15, 0.2) is 10.9 Å². The second-order valence-corrected chi connectivity index (χ2v) is 3.24. The zero-order valence-corrected chi connectivity index (χ0v) is 8.51. The molecule has 0 amide bonds. The zero-order valence-electron chi connectivity index (χ0n) is 7.75. The topological polar surface area (TPSA) is 22.1 Å². The highest BCUT2D eigenvalue weighted by Crippen LogP contribution is 2.20. The summed E-state index contributed by atoms with van der Waals surface area (Å²) in [6.07, 6.45) is 3.62. The summed E-state index contributed by atoms with van der Waals surface area (Å²) in [4.78, 5) is 3.90. The van der Waals surface area contributed by atoms with Crippen molar-refractivity contribution in [3.63, 3.8) is 0 Å². The van der Waals surface area contributed by atoms with Gasteiger partial charge in [0.05, 0.1) is 0 Å². The van der Waals surface area contributed by atoms with E-state index in [0.717, 1.165) is 0 Å². The van der Waals surface area contributed by atoms with Crippen LogP contribution in [0.1, 0.15) is 13.8 Å². The standard InChI is InChI=1S/C10H12ClNO/c1-8(2)5-7-13-9-4-3-6-12-10(9)11/h3-6H,7H2,1-2H3. The molecule has 1 heterocycles. The highest BCUT2D eigenvalue weighted by Gasteiger charge is 1.98. The molecule has 0 bridgehead atoms. The van der Waals surface area contributed by atoms with Gasteiger partial charge in [-0.15, -0.1) is 0 Å². The second kappa shape index (κ2) is 4.87. The molecule has 1 aromatic rings. The maximum absolute atomic E-state index is 5.78. The van der Waals surface area contributed by atoms with Gasteiger partial charge >= 0.3 is 0 Å². The Bertz CT molecular complexity index is 306. The molecule has 13 heavy (non-hydrogen) atoms. The molecule has 0 radical (unpaired) electrons. The minimum absolute atomic E-state index is 0.407. The van der Waals surface area contributed by atoms with Crippen molar-refractivity contribution in [3.05, 3.63) is 35.1 Å². The number of rotatable bonds is 3. The van der Waals surface area contributed by atoms with Gasteiger partial charge in [-0.3, -0.25) is 0 Å². The third-order valence-corrected chi connectivity index (χ3v) is 1.74. The summed E-state index contributed by atoms with van der Waals surface area (Å²) in [6.45, 7) is 4.58. The fraction of sp³-hybridized carbons (Fsp3) is 0.300. The molecule has 0 saturated heterocycles. The van der Waals surface area contributed by atoms with E-state index in [0.29, 0.717) is 17.5 Å². The summed E-state index contributed by atoms with van der Waals surface area (Å²) in [5.41, 5.74) is 1.22. The quantitative estimate of drug-likeness (QED) is 0.549. The lowest BCUT2D eigenvalue weighted by Gasteiger charge is -2.03. The van der Waals surface area contributed by atoms with Crippen LogP contribution < -0.4 is 4.74 Å². The summed E-state index contributed by atoms with van der Waals surface area (Å²) in [5.74, 6) is 0.627. The highest BCUT2D eigenvalue weighted by molar-refractivity contribution is 6.30. The van der Waals surface area contributed by atoms with Crippen LogP contribution in [0, 0.1) is 0 Å². The average molecular weight is 198 g/mol. The molecule has 1 rings (SSSR count). The van der Waals surface area contributed by atoms with Crippen molar-refractivity contribution in [2.45, 2.75) is 13.8 Å². The van der Waals surface area contributed by atoms with E-state index >= 15 is 0 Å². The average Bonchev–Trinajstić information content (AvgIpc) is 2.08. The first-order chi connectivity index (χ1) is 6.20. The second-order valence-electron chi connectivity index (χ2n) is 2.88. The van der Waals surface area contributed by atoms with Crippen LogP contribution in [0.2, 0.25) is 5.15 Å². The van der Waals surface area contributed by atoms with Gasteiger partial charge in [0.1, 0.15) is 6.61 Å². The molecule has 2 nitrogen and oxygen atoms in total. The van der Waals surface area contributed by atoms with Crippen LogP contribution in [0.25, 0.3) is 0 Å². The van der Waals surface area contributed by atoms with Crippen LogP contribution in [0.4, 0.5) is 0 Å². The number of aromatic nitrogens is 1. The number of hydrogen-bond acceptors (Lipinski definition) is 2. The molecule has 0 spiro atoms. The lowest BCUT2D eigenvalue weighted by molar-refractivity contribution is 0.360. The maximum Gasteiger partial charge on any atom is 0.171 e. The number of allylic oxidation sites excluding steroid dienone is 1. The molecule has 0 atom stereocenters. The molecule has 1 aromatic heterocycles. The van der Waals surface area contributed by atoms with E-state index < -0.39 is 0 Å². The van der Waals surface area contributed by atoms with E-state index in [1.807, 2.05) is 19.9 Å². The predicted octanol–water partition coefficient (Wildman–Crippen LogP) is 3.08. The highest BCUT2D eigenvalue weighted by atomic mass is 35.5. The largest absolute Gasteiger partial charge is 0.486 e. The summed E-state index contributed by atoms with van der Waals surface area (Å²) in [7, 11) is 0. The number of pyridine rings is 1. The molecule has 0 aliphatic carbocycles. The number of halogens is 1. The Morgan fingerprint density at radius 2 is 2.38 bits per heavy atom. The van der Waals surface area contributed by atoms with Crippen LogP contribution in [0.15, 0.2) is 30.0 Å². The van der Waals surface area contributed by atoms with Crippen molar-refractivity contribution in [3.8, 4) is 5.75 Å². The first kappa shape index (κ1) is 10.1. The third kappa shape index (κ3) is 3.47. The first-order valence-electron chi connectivity index (χ1n) is 4.07. The monoisotopic (exact) mass is 197 g/mol. The fourth-order valence-corrected chi connectivity index (χ4v) is 0.951. The normalized spacial score (nSPS) is 9.46. The molecule has 0 N–H and O–H groups in total. The fourth-order valence-electron chi connectivity index (χ4n) is 0.777. The summed E-state index contributed by atoms with van der Waals surface area (Å²) < 4.78 is 5.38. The Morgan fingerprint density at radius 3 is 3.00 bits per heavy atom. The van der Waals surface area contributed by atoms with Crippen molar-refractivity contribution < 1.29 is 4.74 Å². The maximum atomic E-state index is 5.78. The van der Waals surface area contributed by atoms with Crippen LogP contribution in [-0.2, 0) is 0 Å². The first-order valence-corrected chi connectivity index (χ1v) is 4.44. The van der Waals surface area contributed by atoms with Crippen LogP contribution in [0.5, 0.6) is 5.75 Å². The van der Waals surface area contributed by atoms with Crippen molar-refractivity contribution in [1.29, 1.82) is 0 Å². The summed E-state index contributed by atoms with van der Waals surface area (Å²) >= 11 is 5.78. The van der Waals surface area contributed by atoms with Crippen molar-refractivity contribution >= 4 is 11.6 Å². The molecule has 0 aliphatic heterocycles. The van der Waals surface area contributed by atoms with Gasteiger partial charge in [-0.1, -0.05) is 17.2 Å². The minimum Gasteiger partial charge on any atom is -0.486 e. The van der Waals surface area contributed by atoms with Crippen molar-refractivity contribution in [2.75, 3.05) is 6.61 Å². The van der Waals surface area contributed by atoms with E-state index in [4.69, 9.17) is 16.3 Å². The van der Waals surface area contributed by atoms with Gasteiger partial charge < -0.3 is 4.74 Å². The molecule has 0 aromatic carbocycles. The van der Waals surface area contributed by atoms with E-state index in [-0.39, 0.29) is 0 Å². The van der Waals surface area contributed by atoms with Crippen molar-refractivity contribution in [1.82, 2.24) is 4.98 Å². The van der Waals surface area contributed by atoms with Crippen LogP contribution in [-0.4, -0.2) is 11.6 Å². The molecular formula is C10H12ClNO. The summed E-state index contributed by atoms with van der Waals surface area (Å²) in [6, 6.07) is 3.60. The Morgan fingerprint density at radius 1 is 1.62 bits per heavy atom. The molecular weight excluding hydrogens is 186 g/mol. The van der Waals surface area contributed by atoms with Gasteiger partial charge in [-0.2, -0.15) is 0 Å². The van der Waals surface area contributed by atoms with Gasteiger partial charge in [0, 0.05) is 6.20 Å². The number of nitrogens with zero attached hydrogens (tertiary/aromatic N) is 1. The van der Waals surface area contributed by atoms with Gasteiger partial charge in [-0.05, 0) is 32.1 Å². The molecule has 70 valence electrons. The van der Waals surface area contributed by atoms with Gasteiger partial charge in [0.25, 0.3) is 0 Å². The zero-order chi connectivity index (χ0) is 9.68. The SMILES string of the molecule is CC(C)=CCOc1cccnc1Cl.